The van der Waals surface area contributed by atoms with Crippen LogP contribution < -0.4 is 5.32 Å². The summed E-state index contributed by atoms with van der Waals surface area (Å²) in [7, 11) is -3.18. The van der Waals surface area contributed by atoms with Gasteiger partial charge in [0.25, 0.3) is 0 Å². The SMILES string of the molecule is Cc1cc(C)cc(C(NC(=O)C2CCS(=O)(=O)C2)C(=O)O)c1. The molecule has 2 unspecified atom stereocenters. The van der Waals surface area contributed by atoms with Crippen molar-refractivity contribution in [3.8, 4) is 0 Å². The van der Waals surface area contributed by atoms with Gasteiger partial charge in [-0.05, 0) is 25.8 Å². The van der Waals surface area contributed by atoms with Gasteiger partial charge in [0.2, 0.25) is 5.91 Å². The van der Waals surface area contributed by atoms with E-state index in [1.807, 2.05) is 19.9 Å². The van der Waals surface area contributed by atoms with E-state index in [1.54, 1.807) is 12.1 Å². The summed E-state index contributed by atoms with van der Waals surface area (Å²) in [6.45, 7) is 3.70. The second-order valence-corrected chi connectivity index (χ2v) is 8.03. The molecule has 2 atom stereocenters. The Labute approximate surface area is 129 Å². The van der Waals surface area contributed by atoms with Gasteiger partial charge in [-0.25, -0.2) is 13.2 Å². The minimum atomic E-state index is -3.18. The number of amides is 1. The molecule has 0 aliphatic carbocycles. The fourth-order valence-electron chi connectivity index (χ4n) is 2.73. The van der Waals surface area contributed by atoms with Crippen molar-refractivity contribution in [3.05, 3.63) is 34.9 Å². The van der Waals surface area contributed by atoms with E-state index in [4.69, 9.17) is 0 Å². The van der Waals surface area contributed by atoms with Crippen molar-refractivity contribution in [1.82, 2.24) is 5.32 Å². The number of aryl methyl sites for hydroxylation is 2. The maximum Gasteiger partial charge on any atom is 0.330 e. The van der Waals surface area contributed by atoms with Gasteiger partial charge in [0.05, 0.1) is 17.4 Å². The molecule has 1 aliphatic rings. The summed E-state index contributed by atoms with van der Waals surface area (Å²) < 4.78 is 22.9. The van der Waals surface area contributed by atoms with E-state index in [0.717, 1.165) is 11.1 Å². The first kappa shape index (κ1) is 16.5. The molecule has 1 aromatic carbocycles. The number of sulfone groups is 1. The van der Waals surface area contributed by atoms with Crippen LogP contribution in [0.25, 0.3) is 0 Å². The topological polar surface area (TPSA) is 101 Å². The fourth-order valence-corrected chi connectivity index (χ4v) is 4.47. The second kappa shape index (κ2) is 6.08. The van der Waals surface area contributed by atoms with Crippen LogP contribution in [0.3, 0.4) is 0 Å². The molecular weight excluding hydrogens is 306 g/mol. The third-order valence-electron chi connectivity index (χ3n) is 3.71. The van der Waals surface area contributed by atoms with Crippen molar-refractivity contribution in [3.63, 3.8) is 0 Å². The summed E-state index contributed by atoms with van der Waals surface area (Å²) in [5.41, 5.74) is 2.29. The highest BCUT2D eigenvalue weighted by Gasteiger charge is 2.35. The van der Waals surface area contributed by atoms with Gasteiger partial charge in [0.1, 0.15) is 0 Å². The molecule has 1 aliphatic heterocycles. The summed E-state index contributed by atoms with van der Waals surface area (Å²) in [6, 6.07) is 4.15. The molecule has 22 heavy (non-hydrogen) atoms. The molecule has 0 saturated carbocycles. The maximum atomic E-state index is 12.2. The highest BCUT2D eigenvalue weighted by Crippen LogP contribution is 2.22. The van der Waals surface area contributed by atoms with Gasteiger partial charge in [0, 0.05) is 0 Å². The Balaban J connectivity index is 2.19. The fraction of sp³-hybridized carbons (Fsp3) is 0.467. The summed E-state index contributed by atoms with van der Waals surface area (Å²) >= 11 is 0. The van der Waals surface area contributed by atoms with Crippen molar-refractivity contribution in [2.75, 3.05) is 11.5 Å². The number of nitrogens with one attached hydrogen (secondary N) is 1. The van der Waals surface area contributed by atoms with Crippen LogP contribution in [-0.4, -0.2) is 36.9 Å². The molecule has 0 radical (unpaired) electrons. The van der Waals surface area contributed by atoms with Gasteiger partial charge in [0.15, 0.2) is 15.9 Å². The molecular formula is C15H19NO5S. The summed E-state index contributed by atoms with van der Waals surface area (Å²) in [4.78, 5) is 23.6. The average Bonchev–Trinajstić information content (AvgIpc) is 2.74. The van der Waals surface area contributed by atoms with E-state index in [2.05, 4.69) is 5.32 Å². The predicted octanol–water partition coefficient (Wildman–Crippen LogP) is 0.980. The number of carbonyl (C=O) groups is 2. The molecule has 1 fully saturated rings. The van der Waals surface area contributed by atoms with E-state index in [9.17, 15) is 23.1 Å². The van der Waals surface area contributed by atoms with Crippen LogP contribution in [0.4, 0.5) is 0 Å². The molecule has 0 bridgehead atoms. The molecule has 7 heteroatoms. The number of carboxylic acids is 1. The van der Waals surface area contributed by atoms with E-state index < -0.39 is 33.7 Å². The molecule has 1 amide bonds. The minimum Gasteiger partial charge on any atom is -0.479 e. The van der Waals surface area contributed by atoms with E-state index in [0.29, 0.717) is 5.56 Å². The van der Waals surface area contributed by atoms with Crippen LogP contribution in [-0.2, 0) is 19.4 Å². The Morgan fingerprint density at radius 3 is 2.27 bits per heavy atom. The van der Waals surface area contributed by atoms with Crippen LogP contribution in [0.15, 0.2) is 18.2 Å². The number of benzene rings is 1. The van der Waals surface area contributed by atoms with Crippen LogP contribution in [0.1, 0.15) is 29.2 Å². The number of hydrogen-bond acceptors (Lipinski definition) is 4. The first-order valence-corrected chi connectivity index (χ1v) is 8.82. The molecule has 6 nitrogen and oxygen atoms in total. The van der Waals surface area contributed by atoms with Gasteiger partial charge in [-0.3, -0.25) is 4.79 Å². The zero-order valence-corrected chi connectivity index (χ0v) is 13.3. The monoisotopic (exact) mass is 325 g/mol. The number of carboxylic acid groups (broad SMARTS) is 1. The molecule has 2 rings (SSSR count). The average molecular weight is 325 g/mol. The summed E-state index contributed by atoms with van der Waals surface area (Å²) in [6.07, 6.45) is 0.243. The summed E-state index contributed by atoms with van der Waals surface area (Å²) in [5.74, 6) is -2.59. The van der Waals surface area contributed by atoms with Crippen molar-refractivity contribution in [1.29, 1.82) is 0 Å². The van der Waals surface area contributed by atoms with Crippen LogP contribution >= 0.6 is 0 Å². The lowest BCUT2D eigenvalue weighted by Crippen LogP contribution is -2.38. The van der Waals surface area contributed by atoms with Crippen molar-refractivity contribution in [2.45, 2.75) is 26.3 Å². The highest BCUT2D eigenvalue weighted by atomic mass is 32.2. The van der Waals surface area contributed by atoms with Crippen molar-refractivity contribution < 1.29 is 23.1 Å². The van der Waals surface area contributed by atoms with Crippen molar-refractivity contribution >= 4 is 21.7 Å². The van der Waals surface area contributed by atoms with Crippen molar-refractivity contribution in [2.24, 2.45) is 5.92 Å². The first-order valence-electron chi connectivity index (χ1n) is 7.00. The molecule has 120 valence electrons. The Kier molecular flexibility index (Phi) is 4.55. The summed E-state index contributed by atoms with van der Waals surface area (Å²) in [5, 5.41) is 11.8. The standard InChI is InChI=1S/C15H19NO5S/c1-9-5-10(2)7-12(6-9)13(15(18)19)16-14(17)11-3-4-22(20,21)8-11/h5-7,11,13H,3-4,8H2,1-2H3,(H,16,17)(H,18,19). The molecule has 2 N–H and O–H groups in total. The zero-order chi connectivity index (χ0) is 16.5. The Morgan fingerprint density at radius 2 is 1.82 bits per heavy atom. The van der Waals surface area contributed by atoms with Crippen LogP contribution in [0.2, 0.25) is 0 Å². The number of carbonyl (C=O) groups excluding carboxylic acids is 1. The Hall–Kier alpha value is -1.89. The third kappa shape index (κ3) is 3.85. The largest absolute Gasteiger partial charge is 0.479 e. The van der Waals surface area contributed by atoms with Gasteiger partial charge >= 0.3 is 5.97 Å². The third-order valence-corrected chi connectivity index (χ3v) is 5.48. The predicted molar refractivity (Wildman–Crippen MR) is 81.2 cm³/mol. The van der Waals surface area contributed by atoms with Crippen LogP contribution in [0.5, 0.6) is 0 Å². The molecule has 1 aromatic rings. The Bertz CT molecular complexity index is 690. The van der Waals surface area contributed by atoms with E-state index in [-0.39, 0.29) is 17.9 Å². The first-order chi connectivity index (χ1) is 10.2. The zero-order valence-electron chi connectivity index (χ0n) is 12.5. The number of rotatable bonds is 4. The Morgan fingerprint density at radius 1 is 1.23 bits per heavy atom. The molecule has 0 spiro atoms. The number of hydrogen-bond donors (Lipinski definition) is 2. The van der Waals surface area contributed by atoms with E-state index in [1.165, 1.54) is 0 Å². The lowest BCUT2D eigenvalue weighted by atomic mass is 10.00. The minimum absolute atomic E-state index is 0.0215. The smallest absolute Gasteiger partial charge is 0.330 e. The number of aliphatic carboxylic acids is 1. The molecule has 0 aromatic heterocycles. The maximum absolute atomic E-state index is 12.2. The molecule has 1 heterocycles. The molecule has 1 saturated heterocycles. The van der Waals surface area contributed by atoms with E-state index >= 15 is 0 Å². The lowest BCUT2D eigenvalue weighted by Gasteiger charge is -2.18. The lowest BCUT2D eigenvalue weighted by molar-refractivity contribution is -0.142. The van der Waals surface area contributed by atoms with Gasteiger partial charge in [-0.1, -0.05) is 29.3 Å². The second-order valence-electron chi connectivity index (χ2n) is 5.80. The van der Waals surface area contributed by atoms with Crippen LogP contribution in [0, 0.1) is 19.8 Å². The van der Waals surface area contributed by atoms with Gasteiger partial charge < -0.3 is 10.4 Å². The van der Waals surface area contributed by atoms with Gasteiger partial charge in [-0.2, -0.15) is 0 Å². The van der Waals surface area contributed by atoms with Gasteiger partial charge in [-0.15, -0.1) is 0 Å². The quantitative estimate of drug-likeness (QED) is 0.859. The highest BCUT2D eigenvalue weighted by molar-refractivity contribution is 7.91. The normalized spacial score (nSPS) is 21.3.